The molecule has 7 heteroatoms. The second kappa shape index (κ2) is 9.54. The van der Waals surface area contributed by atoms with E-state index in [-0.39, 0.29) is 12.5 Å². The van der Waals surface area contributed by atoms with Crippen molar-refractivity contribution >= 4 is 35.1 Å². The van der Waals surface area contributed by atoms with E-state index in [1.54, 1.807) is 26.2 Å². The lowest BCUT2D eigenvalue weighted by atomic mass is 10.2. The Morgan fingerprint density at radius 1 is 1.27 bits per heavy atom. The van der Waals surface area contributed by atoms with Crippen molar-refractivity contribution in [3.63, 3.8) is 0 Å². The Morgan fingerprint density at radius 3 is 2.59 bits per heavy atom. The molecule has 1 amide bonds. The van der Waals surface area contributed by atoms with E-state index in [9.17, 15) is 4.79 Å². The van der Waals surface area contributed by atoms with Crippen LogP contribution >= 0.6 is 23.2 Å². The Kier molecular flexibility index (Phi) is 8.06. The van der Waals surface area contributed by atoms with E-state index >= 15 is 0 Å². The van der Waals surface area contributed by atoms with Crippen molar-refractivity contribution in [3.05, 3.63) is 33.8 Å². The van der Waals surface area contributed by atoms with Crippen molar-refractivity contribution in [2.24, 2.45) is 4.99 Å². The lowest BCUT2D eigenvalue weighted by molar-refractivity contribution is -0.127. The minimum Gasteiger partial charge on any atom is -0.356 e. The Labute approximate surface area is 141 Å². The third-order valence-electron chi connectivity index (χ3n) is 2.87. The van der Waals surface area contributed by atoms with Crippen LogP contribution in [0.4, 0.5) is 0 Å². The molecule has 0 saturated heterocycles. The third-order valence-corrected chi connectivity index (χ3v) is 3.46. The van der Waals surface area contributed by atoms with Crippen molar-refractivity contribution in [1.29, 1.82) is 0 Å². The Morgan fingerprint density at radius 2 is 2.00 bits per heavy atom. The number of hydrogen-bond acceptors (Lipinski definition) is 2. The highest BCUT2D eigenvalue weighted by Gasteiger charge is 2.06. The molecular weight excluding hydrogens is 323 g/mol. The molecule has 0 aliphatic heterocycles. The first kappa shape index (κ1) is 18.6. The molecule has 0 aliphatic rings. The summed E-state index contributed by atoms with van der Waals surface area (Å²) in [7, 11) is 3.43. The zero-order valence-electron chi connectivity index (χ0n) is 13.1. The highest BCUT2D eigenvalue weighted by atomic mass is 35.5. The number of nitrogens with zero attached hydrogens (tertiary/aromatic N) is 2. The average Bonchev–Trinajstić information content (AvgIpc) is 2.47. The van der Waals surface area contributed by atoms with E-state index in [4.69, 9.17) is 23.2 Å². The number of carbonyl (C=O) groups excluding carboxylic acids is 1. The van der Waals surface area contributed by atoms with E-state index in [1.807, 2.05) is 6.07 Å². The van der Waals surface area contributed by atoms with Gasteiger partial charge in [-0.2, -0.15) is 0 Å². The molecule has 0 bridgehead atoms. The van der Waals surface area contributed by atoms with Crippen LogP contribution in [-0.4, -0.2) is 44.0 Å². The van der Waals surface area contributed by atoms with Crippen molar-refractivity contribution in [2.45, 2.75) is 19.9 Å². The number of carbonyl (C=O) groups is 1. The molecule has 0 atom stereocenters. The minimum absolute atomic E-state index is 0.0180. The molecule has 0 fully saturated rings. The summed E-state index contributed by atoms with van der Waals surface area (Å²) >= 11 is 12.0. The van der Waals surface area contributed by atoms with Gasteiger partial charge in [-0.1, -0.05) is 36.2 Å². The van der Waals surface area contributed by atoms with Gasteiger partial charge in [-0.25, -0.2) is 4.99 Å². The minimum atomic E-state index is -0.0180. The molecule has 5 nitrogen and oxygen atoms in total. The predicted molar refractivity (Wildman–Crippen MR) is 92.6 cm³/mol. The average molecular weight is 345 g/mol. The topological polar surface area (TPSA) is 56.7 Å². The molecule has 0 heterocycles. The molecule has 1 aromatic carbocycles. The molecule has 1 rings (SSSR count). The number of likely N-dealkylation sites (N-methyl/N-ethyl adjacent to an activating group) is 1. The number of aliphatic imine (C=N–C) groups is 1. The predicted octanol–water partition coefficient (Wildman–Crippen LogP) is 2.53. The zero-order chi connectivity index (χ0) is 16.5. The number of guanidine groups is 1. The van der Waals surface area contributed by atoms with Gasteiger partial charge in [0.25, 0.3) is 0 Å². The summed E-state index contributed by atoms with van der Waals surface area (Å²) in [5.74, 6) is 0.568. The molecule has 122 valence electrons. The van der Waals surface area contributed by atoms with E-state index in [0.717, 1.165) is 18.5 Å². The lowest BCUT2D eigenvalue weighted by Crippen LogP contribution is -2.43. The normalized spacial score (nSPS) is 11.2. The van der Waals surface area contributed by atoms with Crippen LogP contribution in [0.5, 0.6) is 0 Å². The maximum Gasteiger partial charge on any atom is 0.241 e. The van der Waals surface area contributed by atoms with Crippen LogP contribution in [0, 0.1) is 0 Å². The maximum atomic E-state index is 11.6. The highest BCUT2D eigenvalue weighted by Crippen LogP contribution is 2.21. The monoisotopic (exact) mass is 344 g/mol. The number of hydrogen-bond donors (Lipinski definition) is 2. The molecule has 0 radical (unpaired) electrons. The standard InChI is InChI=1S/C15H22Cl2N4O/c1-4-7-18-15(20-10-14(22)21(2)3)19-9-11-5-6-12(16)8-13(11)17/h5-6,8H,4,7,9-10H2,1-3H3,(H2,18,19,20). The largest absolute Gasteiger partial charge is 0.356 e. The van der Waals surface area contributed by atoms with E-state index in [2.05, 4.69) is 22.5 Å². The van der Waals surface area contributed by atoms with Crippen LogP contribution in [0.1, 0.15) is 18.9 Å². The Bertz CT molecular complexity index is 532. The molecule has 0 spiro atoms. The Balaban J connectivity index is 2.71. The van der Waals surface area contributed by atoms with Gasteiger partial charge >= 0.3 is 0 Å². The number of halogens is 2. The fraction of sp³-hybridized carbons (Fsp3) is 0.467. The molecule has 0 unspecified atom stereocenters. The van der Waals surface area contributed by atoms with Gasteiger partial charge in [-0.05, 0) is 24.1 Å². The van der Waals surface area contributed by atoms with Gasteiger partial charge in [-0.3, -0.25) is 4.79 Å². The van der Waals surface area contributed by atoms with Crippen LogP contribution in [-0.2, 0) is 11.3 Å². The number of amides is 1. The molecule has 1 aromatic rings. The van der Waals surface area contributed by atoms with Gasteiger partial charge in [0, 0.05) is 30.7 Å². The summed E-state index contributed by atoms with van der Waals surface area (Å²) < 4.78 is 0. The smallest absolute Gasteiger partial charge is 0.241 e. The zero-order valence-corrected chi connectivity index (χ0v) is 14.6. The van der Waals surface area contributed by atoms with Crippen molar-refractivity contribution in [2.75, 3.05) is 27.2 Å². The summed E-state index contributed by atoms with van der Waals surface area (Å²) in [6.07, 6.45) is 0.962. The van der Waals surface area contributed by atoms with Crippen LogP contribution in [0.25, 0.3) is 0 Å². The van der Waals surface area contributed by atoms with Crippen molar-refractivity contribution in [3.8, 4) is 0 Å². The summed E-state index contributed by atoms with van der Waals surface area (Å²) in [6, 6.07) is 5.31. The first-order valence-corrected chi connectivity index (χ1v) is 7.86. The van der Waals surface area contributed by atoms with Gasteiger partial charge in [-0.15, -0.1) is 0 Å². The molecule has 2 N–H and O–H groups in total. The van der Waals surface area contributed by atoms with Crippen molar-refractivity contribution < 1.29 is 4.79 Å². The van der Waals surface area contributed by atoms with Gasteiger partial charge in [0.2, 0.25) is 5.91 Å². The van der Waals surface area contributed by atoms with Crippen LogP contribution in [0.15, 0.2) is 23.2 Å². The molecule has 0 saturated carbocycles. The van der Waals surface area contributed by atoms with Crippen LogP contribution in [0.2, 0.25) is 10.0 Å². The lowest BCUT2D eigenvalue weighted by Gasteiger charge is -2.14. The summed E-state index contributed by atoms with van der Waals surface area (Å²) in [5, 5.41) is 7.35. The second-order valence-corrected chi connectivity index (χ2v) is 5.81. The number of nitrogens with one attached hydrogen (secondary N) is 2. The van der Waals surface area contributed by atoms with Gasteiger partial charge in [0.05, 0.1) is 13.1 Å². The molecule has 0 aliphatic carbocycles. The van der Waals surface area contributed by atoms with Crippen molar-refractivity contribution in [1.82, 2.24) is 15.5 Å². The summed E-state index contributed by atoms with van der Waals surface area (Å²) in [6.45, 7) is 3.43. The summed E-state index contributed by atoms with van der Waals surface area (Å²) in [5.41, 5.74) is 0.877. The van der Waals surface area contributed by atoms with E-state index < -0.39 is 0 Å². The Hall–Kier alpha value is -1.46. The molecular formula is C15H22Cl2N4O. The first-order chi connectivity index (χ1) is 10.4. The SMILES string of the molecule is CCCNC(=NCc1ccc(Cl)cc1Cl)NCC(=O)N(C)C. The fourth-order valence-corrected chi connectivity index (χ4v) is 2.02. The van der Waals surface area contributed by atoms with Crippen LogP contribution in [0.3, 0.4) is 0 Å². The maximum absolute atomic E-state index is 11.6. The second-order valence-electron chi connectivity index (χ2n) is 4.97. The van der Waals surface area contributed by atoms with E-state index in [1.165, 1.54) is 4.90 Å². The highest BCUT2D eigenvalue weighted by molar-refractivity contribution is 6.35. The fourth-order valence-electron chi connectivity index (χ4n) is 1.55. The van der Waals surface area contributed by atoms with Crippen LogP contribution < -0.4 is 10.6 Å². The van der Waals surface area contributed by atoms with Gasteiger partial charge < -0.3 is 15.5 Å². The van der Waals surface area contributed by atoms with E-state index in [0.29, 0.717) is 22.5 Å². The van der Waals surface area contributed by atoms with Gasteiger partial charge in [0.15, 0.2) is 5.96 Å². The quantitative estimate of drug-likeness (QED) is 0.615. The number of benzene rings is 1. The number of rotatable bonds is 6. The third kappa shape index (κ3) is 6.54. The molecule has 22 heavy (non-hydrogen) atoms. The first-order valence-electron chi connectivity index (χ1n) is 7.10. The molecule has 0 aromatic heterocycles. The summed E-state index contributed by atoms with van der Waals surface area (Å²) in [4.78, 5) is 17.6. The van der Waals surface area contributed by atoms with Gasteiger partial charge in [0.1, 0.15) is 0 Å².